The molecule has 0 radical (unpaired) electrons. The van der Waals surface area contributed by atoms with Crippen molar-refractivity contribution in [2.24, 2.45) is 17.1 Å². The summed E-state index contributed by atoms with van der Waals surface area (Å²) in [5, 5.41) is 20.3. The van der Waals surface area contributed by atoms with Gasteiger partial charge in [0.1, 0.15) is 18.1 Å². The minimum Gasteiger partial charge on any atom is -0.381 e. The van der Waals surface area contributed by atoms with E-state index in [4.69, 9.17) is 5.73 Å². The molecule has 252 valence electrons. The number of hydrogen-bond acceptors (Lipinski definition) is 7. The molecule has 6 N–H and O–H groups in total. The maximum Gasteiger partial charge on any atom is 0.254 e. The molecule has 2 aromatic carbocycles. The Morgan fingerprint density at radius 1 is 0.935 bits per heavy atom. The van der Waals surface area contributed by atoms with Gasteiger partial charge in [0.15, 0.2) is 6.10 Å². The molecule has 0 spiro atoms. The van der Waals surface area contributed by atoms with Crippen LogP contribution in [0, 0.1) is 11.3 Å². The van der Waals surface area contributed by atoms with E-state index in [9.17, 15) is 24.3 Å². The van der Waals surface area contributed by atoms with E-state index in [1.54, 1.807) is 24.3 Å². The summed E-state index contributed by atoms with van der Waals surface area (Å²) in [5.74, 6) is -1.63. The smallest absolute Gasteiger partial charge is 0.254 e. The van der Waals surface area contributed by atoms with Gasteiger partial charge < -0.3 is 31.7 Å². The molecule has 1 fully saturated rings. The van der Waals surface area contributed by atoms with Crippen LogP contribution in [0.15, 0.2) is 60.7 Å². The van der Waals surface area contributed by atoms with Crippen molar-refractivity contribution in [1.29, 1.82) is 0 Å². The fraction of sp³-hybridized carbons (Fsp3) is 0.543. The summed E-state index contributed by atoms with van der Waals surface area (Å²) < 4.78 is -0.604. The van der Waals surface area contributed by atoms with Crippen molar-refractivity contribution in [1.82, 2.24) is 20.9 Å². The summed E-state index contributed by atoms with van der Waals surface area (Å²) in [6.07, 6.45) is -1.53. The van der Waals surface area contributed by atoms with E-state index in [0.29, 0.717) is 5.56 Å². The molecule has 0 aliphatic carbocycles. The second kappa shape index (κ2) is 15.5. The third-order valence-corrected chi connectivity index (χ3v) is 9.94. The van der Waals surface area contributed by atoms with Crippen molar-refractivity contribution in [3.8, 4) is 0 Å². The Hall–Kier alpha value is -3.41. The second-order valence-corrected chi connectivity index (χ2v) is 15.7. The SMILES string of the molecule is CC(C)[C@@H](C)NC(=O)[C@H]1N(C(=O)[C@@H](O)[C@H](Cc2ccccc2)NC(=O)[C@@H](NC(=O)[C@@H](N)c2ccccc2)C(C)(C)C)CSC1(C)C. The van der Waals surface area contributed by atoms with Gasteiger partial charge >= 0.3 is 0 Å². The predicted molar refractivity (Wildman–Crippen MR) is 182 cm³/mol. The molecule has 3 rings (SSSR count). The van der Waals surface area contributed by atoms with Crippen molar-refractivity contribution in [3.63, 3.8) is 0 Å². The van der Waals surface area contributed by atoms with Crippen LogP contribution in [-0.2, 0) is 25.6 Å². The maximum atomic E-state index is 14.0. The van der Waals surface area contributed by atoms with Crippen LogP contribution in [-0.4, -0.2) is 74.5 Å². The number of aliphatic hydroxyl groups excluding tert-OH is 1. The molecule has 0 bridgehead atoms. The van der Waals surface area contributed by atoms with Crippen LogP contribution >= 0.6 is 11.8 Å². The fourth-order valence-corrected chi connectivity index (χ4v) is 6.46. The quantitative estimate of drug-likeness (QED) is 0.236. The Labute approximate surface area is 277 Å². The fourth-order valence-electron chi connectivity index (χ4n) is 5.32. The molecule has 1 saturated heterocycles. The van der Waals surface area contributed by atoms with Crippen LogP contribution < -0.4 is 21.7 Å². The van der Waals surface area contributed by atoms with Gasteiger partial charge in [-0.2, -0.15) is 0 Å². The van der Waals surface area contributed by atoms with Crippen LogP contribution in [0.25, 0.3) is 0 Å². The van der Waals surface area contributed by atoms with Gasteiger partial charge in [-0.3, -0.25) is 19.2 Å². The number of carbonyl (C=O) groups is 4. The average Bonchev–Trinajstić information content (AvgIpc) is 3.33. The molecule has 0 unspecified atom stereocenters. The molecule has 2 aromatic rings. The lowest BCUT2D eigenvalue weighted by molar-refractivity contribution is -0.148. The zero-order chi connectivity index (χ0) is 34.4. The molecule has 4 amide bonds. The van der Waals surface area contributed by atoms with E-state index in [1.807, 2.05) is 91.8 Å². The standard InChI is InChI=1S/C35H51N5O5S/c1-21(2)22(3)37-32(44)29-35(7,8)46-20-40(29)33(45)27(41)25(19-23-15-11-9-12-16-23)38-31(43)28(34(4,5)6)39-30(42)26(36)24-17-13-10-14-18-24/h9-18,21-22,25-29,41H,19-20,36H2,1-8H3,(H,37,44)(H,38,43)(H,39,42)/t22-,25+,26+,27+,28-,29-/m1/s1. The number of rotatable bonds is 12. The number of nitrogens with two attached hydrogens (primary N) is 1. The summed E-state index contributed by atoms with van der Waals surface area (Å²) in [4.78, 5) is 56.0. The first-order valence-electron chi connectivity index (χ1n) is 15.8. The van der Waals surface area contributed by atoms with Crippen molar-refractivity contribution < 1.29 is 24.3 Å². The number of amides is 4. The molecule has 11 heteroatoms. The minimum absolute atomic E-state index is 0.111. The van der Waals surface area contributed by atoms with Crippen LogP contribution in [0.1, 0.15) is 72.6 Å². The van der Waals surface area contributed by atoms with E-state index in [2.05, 4.69) is 16.0 Å². The number of nitrogens with zero attached hydrogens (tertiary/aromatic N) is 1. The summed E-state index contributed by atoms with van der Waals surface area (Å²) in [6, 6.07) is 14.0. The molecule has 1 aliphatic heterocycles. The van der Waals surface area contributed by atoms with Gasteiger partial charge in [-0.1, -0.05) is 95.3 Å². The van der Waals surface area contributed by atoms with Gasteiger partial charge in [-0.25, -0.2) is 0 Å². The predicted octanol–water partition coefficient (Wildman–Crippen LogP) is 3.15. The highest BCUT2D eigenvalue weighted by Crippen LogP contribution is 2.40. The third-order valence-electron chi connectivity index (χ3n) is 8.56. The Balaban J connectivity index is 1.88. The van der Waals surface area contributed by atoms with E-state index < -0.39 is 58.2 Å². The first-order chi connectivity index (χ1) is 21.4. The summed E-state index contributed by atoms with van der Waals surface area (Å²) in [7, 11) is 0. The van der Waals surface area contributed by atoms with Crippen LogP contribution in [0.5, 0.6) is 0 Å². The highest BCUT2D eigenvalue weighted by Gasteiger charge is 2.50. The number of hydrogen-bond donors (Lipinski definition) is 5. The van der Waals surface area contributed by atoms with Crippen molar-refractivity contribution >= 4 is 35.4 Å². The summed E-state index contributed by atoms with van der Waals surface area (Å²) in [6.45, 7) is 15.2. The minimum atomic E-state index is -1.67. The highest BCUT2D eigenvalue weighted by atomic mass is 32.2. The molecule has 10 nitrogen and oxygen atoms in total. The summed E-state index contributed by atoms with van der Waals surface area (Å²) in [5.41, 5.74) is 6.88. The first kappa shape index (κ1) is 37.1. The van der Waals surface area contributed by atoms with E-state index in [1.165, 1.54) is 16.7 Å². The van der Waals surface area contributed by atoms with Crippen molar-refractivity contribution in [2.45, 2.75) is 103 Å². The van der Waals surface area contributed by atoms with E-state index in [0.717, 1.165) is 5.56 Å². The third kappa shape index (κ3) is 9.33. The lowest BCUT2D eigenvalue weighted by Gasteiger charge is -2.36. The molecular formula is C35H51N5O5S. The van der Waals surface area contributed by atoms with E-state index >= 15 is 0 Å². The lowest BCUT2D eigenvalue weighted by atomic mass is 9.85. The van der Waals surface area contributed by atoms with Gasteiger partial charge in [0, 0.05) is 10.8 Å². The number of thioether (sulfide) groups is 1. The number of nitrogens with one attached hydrogen (secondary N) is 3. The summed E-state index contributed by atoms with van der Waals surface area (Å²) >= 11 is 1.46. The van der Waals surface area contributed by atoms with Crippen molar-refractivity contribution in [2.75, 3.05) is 5.88 Å². The van der Waals surface area contributed by atoms with Crippen LogP contribution in [0.3, 0.4) is 0 Å². The molecule has 0 saturated carbocycles. The second-order valence-electron chi connectivity index (χ2n) is 14.1. The normalized spacial score (nSPS) is 19.5. The first-order valence-corrected chi connectivity index (χ1v) is 16.8. The monoisotopic (exact) mass is 653 g/mol. The maximum absolute atomic E-state index is 14.0. The molecule has 6 atom stereocenters. The van der Waals surface area contributed by atoms with Gasteiger partial charge in [-0.05, 0) is 49.7 Å². The zero-order valence-corrected chi connectivity index (χ0v) is 29.1. The van der Waals surface area contributed by atoms with Crippen LogP contribution in [0.2, 0.25) is 0 Å². The van der Waals surface area contributed by atoms with Gasteiger partial charge in [0.25, 0.3) is 5.91 Å². The average molecular weight is 654 g/mol. The van der Waals surface area contributed by atoms with Crippen molar-refractivity contribution in [3.05, 3.63) is 71.8 Å². The molecular weight excluding hydrogens is 602 g/mol. The van der Waals surface area contributed by atoms with Gasteiger partial charge in [0.2, 0.25) is 17.7 Å². The largest absolute Gasteiger partial charge is 0.381 e. The zero-order valence-electron chi connectivity index (χ0n) is 28.2. The Morgan fingerprint density at radius 2 is 1.50 bits per heavy atom. The van der Waals surface area contributed by atoms with Gasteiger partial charge in [0.05, 0.1) is 11.9 Å². The highest BCUT2D eigenvalue weighted by molar-refractivity contribution is 8.00. The van der Waals surface area contributed by atoms with Gasteiger partial charge in [-0.15, -0.1) is 11.8 Å². The lowest BCUT2D eigenvalue weighted by Crippen LogP contribution is -2.62. The molecule has 1 heterocycles. The molecule has 0 aromatic heterocycles. The molecule has 46 heavy (non-hydrogen) atoms. The Kier molecular flexibility index (Phi) is 12.4. The van der Waals surface area contributed by atoms with E-state index in [-0.39, 0.29) is 30.2 Å². The number of benzene rings is 2. The van der Waals surface area contributed by atoms with Crippen LogP contribution in [0.4, 0.5) is 0 Å². The number of carbonyl (C=O) groups excluding carboxylic acids is 4. The Bertz CT molecular complexity index is 1350. The topological polar surface area (TPSA) is 154 Å². The Morgan fingerprint density at radius 3 is 2.04 bits per heavy atom. The number of aliphatic hydroxyl groups is 1. The molecule has 1 aliphatic rings.